The summed E-state index contributed by atoms with van der Waals surface area (Å²) in [6, 6.07) is 27.6. The van der Waals surface area contributed by atoms with E-state index in [1.807, 2.05) is 0 Å². The van der Waals surface area contributed by atoms with Crippen molar-refractivity contribution in [2.75, 3.05) is 0 Å². The lowest BCUT2D eigenvalue weighted by molar-refractivity contribution is 0.931. The molecule has 3 aromatic heterocycles. The summed E-state index contributed by atoms with van der Waals surface area (Å²) in [4.78, 5) is 12.4. The molecule has 3 nitrogen and oxygen atoms in total. The zero-order valence-corrected chi connectivity index (χ0v) is 15.4. The Kier molecular flexibility index (Phi) is 3.29. The molecular formula is C25H19N3. The molecule has 0 amide bonds. The van der Waals surface area contributed by atoms with Crippen molar-refractivity contribution >= 4 is 43.7 Å². The number of rotatable bonds is 3. The molecule has 0 unspecified atom stereocenters. The summed E-state index contributed by atoms with van der Waals surface area (Å²) < 4.78 is 0. The predicted molar refractivity (Wildman–Crippen MR) is 117 cm³/mol. The Hall–Kier alpha value is -3.59. The fourth-order valence-corrected chi connectivity index (χ4v) is 4.32. The van der Waals surface area contributed by atoms with Crippen LogP contribution in [0.25, 0.3) is 43.7 Å². The summed E-state index contributed by atoms with van der Waals surface area (Å²) >= 11 is 0. The lowest BCUT2D eigenvalue weighted by Crippen LogP contribution is -1.96. The molecule has 3 aromatic carbocycles. The minimum absolute atomic E-state index is 0.906. The Morgan fingerprint density at radius 1 is 0.607 bits per heavy atom. The Labute approximate surface area is 162 Å². The van der Waals surface area contributed by atoms with Gasteiger partial charge in [-0.15, -0.1) is 0 Å². The Morgan fingerprint density at radius 2 is 1.25 bits per heavy atom. The number of nitrogens with one attached hydrogen (secondary N) is 2. The average molecular weight is 361 g/mol. The Balaban J connectivity index is 1.66. The molecule has 0 atom stereocenters. The maximum atomic E-state index is 5.14. The third kappa shape index (κ3) is 2.26. The summed E-state index contributed by atoms with van der Waals surface area (Å²) in [6.07, 6.45) is 1.88. The van der Waals surface area contributed by atoms with Crippen LogP contribution in [0.5, 0.6) is 0 Å². The van der Waals surface area contributed by atoms with Crippen molar-refractivity contribution in [3.05, 3.63) is 90.1 Å². The fourth-order valence-electron chi connectivity index (χ4n) is 4.32. The van der Waals surface area contributed by atoms with Crippen LogP contribution in [0.2, 0.25) is 0 Å². The van der Waals surface area contributed by atoms with Gasteiger partial charge in [-0.05, 0) is 30.5 Å². The van der Waals surface area contributed by atoms with Gasteiger partial charge in [0, 0.05) is 27.2 Å². The van der Waals surface area contributed by atoms with Crippen LogP contribution in [-0.2, 0) is 12.8 Å². The van der Waals surface area contributed by atoms with Gasteiger partial charge >= 0.3 is 0 Å². The van der Waals surface area contributed by atoms with Crippen molar-refractivity contribution in [3.8, 4) is 0 Å². The first-order valence-corrected chi connectivity index (χ1v) is 9.72. The highest BCUT2D eigenvalue weighted by atomic mass is 14.8. The highest BCUT2D eigenvalue weighted by Crippen LogP contribution is 2.36. The van der Waals surface area contributed by atoms with Crippen LogP contribution in [0.3, 0.4) is 0 Å². The number of nitrogens with zero attached hydrogens (tertiary/aromatic N) is 1. The molecule has 0 saturated carbocycles. The Morgan fingerprint density at radius 3 is 2.07 bits per heavy atom. The molecule has 2 N–H and O–H groups in total. The summed E-state index contributed by atoms with van der Waals surface area (Å²) in [5.41, 5.74) is 8.10. The summed E-state index contributed by atoms with van der Waals surface area (Å²) in [7, 11) is 0. The molecule has 28 heavy (non-hydrogen) atoms. The van der Waals surface area contributed by atoms with Gasteiger partial charge in [0.05, 0.1) is 22.2 Å². The second-order valence-corrected chi connectivity index (χ2v) is 7.36. The first-order chi connectivity index (χ1) is 13.9. The predicted octanol–water partition coefficient (Wildman–Crippen LogP) is 6.14. The zero-order chi connectivity index (χ0) is 18.5. The molecule has 0 aliphatic carbocycles. The smallest absolute Gasteiger partial charge is 0.0969 e. The summed E-state index contributed by atoms with van der Waals surface area (Å²) in [5, 5.41) is 3.68. The Bertz CT molecular complexity index is 1460. The van der Waals surface area contributed by atoms with Gasteiger partial charge in [0.15, 0.2) is 0 Å². The second kappa shape index (κ2) is 5.96. The number of hydrogen-bond acceptors (Lipinski definition) is 1. The lowest BCUT2D eigenvalue weighted by atomic mass is 10.0. The molecule has 0 spiro atoms. The van der Waals surface area contributed by atoms with Crippen LogP contribution < -0.4 is 0 Å². The largest absolute Gasteiger partial charge is 0.353 e. The van der Waals surface area contributed by atoms with Crippen LogP contribution in [0.4, 0.5) is 0 Å². The molecule has 0 aliphatic rings. The van der Waals surface area contributed by atoms with Crippen molar-refractivity contribution in [3.63, 3.8) is 0 Å². The number of aryl methyl sites for hydroxylation is 2. The van der Waals surface area contributed by atoms with E-state index >= 15 is 0 Å². The molecule has 3 heteroatoms. The molecule has 0 aliphatic heterocycles. The van der Waals surface area contributed by atoms with Gasteiger partial charge in [-0.25, -0.2) is 4.98 Å². The van der Waals surface area contributed by atoms with Crippen molar-refractivity contribution < 1.29 is 0 Å². The van der Waals surface area contributed by atoms with Crippen LogP contribution >= 0.6 is 0 Å². The highest BCUT2D eigenvalue weighted by Gasteiger charge is 2.17. The second-order valence-electron chi connectivity index (χ2n) is 7.36. The van der Waals surface area contributed by atoms with Crippen LogP contribution in [-0.4, -0.2) is 15.0 Å². The number of hydrogen-bond donors (Lipinski definition) is 2. The summed E-state index contributed by atoms with van der Waals surface area (Å²) in [5.74, 6) is 0. The first-order valence-electron chi connectivity index (χ1n) is 9.72. The van der Waals surface area contributed by atoms with E-state index in [2.05, 4.69) is 88.8 Å². The van der Waals surface area contributed by atoms with Gasteiger partial charge in [0.2, 0.25) is 0 Å². The molecule has 134 valence electrons. The van der Waals surface area contributed by atoms with E-state index in [0.29, 0.717) is 0 Å². The number of aromatic amines is 2. The third-order valence-corrected chi connectivity index (χ3v) is 5.66. The van der Waals surface area contributed by atoms with Gasteiger partial charge in [-0.1, -0.05) is 66.7 Å². The standard InChI is InChI=1S/C25H19N3/c1-2-8-16(9-3-1)14-15-21-24-22(17-10-4-6-12-19(17)26-24)25-23(28-21)18-11-5-7-13-20(18)27-25/h1-13,26-27H,14-15H2. The van der Waals surface area contributed by atoms with E-state index in [1.54, 1.807) is 0 Å². The number of pyridine rings is 1. The zero-order valence-electron chi connectivity index (χ0n) is 15.4. The van der Waals surface area contributed by atoms with Gasteiger partial charge < -0.3 is 9.97 Å². The number of H-pyrrole nitrogens is 2. The molecule has 0 saturated heterocycles. The van der Waals surface area contributed by atoms with Gasteiger partial charge in [0.25, 0.3) is 0 Å². The average Bonchev–Trinajstić information content (AvgIpc) is 3.31. The molecule has 6 aromatic rings. The molecular weight excluding hydrogens is 342 g/mol. The van der Waals surface area contributed by atoms with Crippen LogP contribution in [0.1, 0.15) is 11.3 Å². The molecule has 0 bridgehead atoms. The maximum Gasteiger partial charge on any atom is 0.0969 e. The van der Waals surface area contributed by atoms with Gasteiger partial charge in [0.1, 0.15) is 0 Å². The van der Waals surface area contributed by atoms with Crippen molar-refractivity contribution in [1.82, 2.24) is 15.0 Å². The highest BCUT2D eigenvalue weighted by molar-refractivity contribution is 6.23. The molecule has 0 radical (unpaired) electrons. The molecule has 3 heterocycles. The first kappa shape index (κ1) is 15.5. The quantitative estimate of drug-likeness (QED) is 0.391. The van der Waals surface area contributed by atoms with Crippen LogP contribution in [0.15, 0.2) is 78.9 Å². The van der Waals surface area contributed by atoms with E-state index in [-0.39, 0.29) is 0 Å². The monoisotopic (exact) mass is 361 g/mol. The fraction of sp³-hybridized carbons (Fsp3) is 0.0800. The van der Waals surface area contributed by atoms with Crippen molar-refractivity contribution in [2.24, 2.45) is 0 Å². The number of benzene rings is 3. The number of para-hydroxylation sites is 2. The minimum Gasteiger partial charge on any atom is -0.353 e. The van der Waals surface area contributed by atoms with E-state index < -0.39 is 0 Å². The summed E-state index contributed by atoms with van der Waals surface area (Å²) in [6.45, 7) is 0. The van der Waals surface area contributed by atoms with Crippen molar-refractivity contribution in [1.29, 1.82) is 0 Å². The van der Waals surface area contributed by atoms with Crippen LogP contribution in [0, 0.1) is 0 Å². The van der Waals surface area contributed by atoms with E-state index in [0.717, 1.165) is 46.1 Å². The SMILES string of the molecule is c1ccc(CCc2nc3c4ccccc4[nH]c3c3c2[nH]c2ccccc23)cc1. The topological polar surface area (TPSA) is 44.5 Å². The van der Waals surface area contributed by atoms with Crippen molar-refractivity contribution in [2.45, 2.75) is 12.8 Å². The van der Waals surface area contributed by atoms with Gasteiger partial charge in [-0.3, -0.25) is 0 Å². The third-order valence-electron chi connectivity index (χ3n) is 5.66. The molecule has 0 fully saturated rings. The number of fused-ring (bicyclic) bond motifs is 7. The van der Waals surface area contributed by atoms with E-state index in [1.165, 1.54) is 21.7 Å². The van der Waals surface area contributed by atoms with Gasteiger partial charge in [-0.2, -0.15) is 0 Å². The van der Waals surface area contributed by atoms with E-state index in [4.69, 9.17) is 4.98 Å². The molecule has 6 rings (SSSR count). The maximum absolute atomic E-state index is 5.14. The number of aromatic nitrogens is 3. The normalized spacial score (nSPS) is 11.9. The lowest BCUT2D eigenvalue weighted by Gasteiger charge is -2.05. The minimum atomic E-state index is 0.906. The van der Waals surface area contributed by atoms with E-state index in [9.17, 15) is 0 Å².